The predicted octanol–water partition coefficient (Wildman–Crippen LogP) is 2.73. The van der Waals surface area contributed by atoms with Gasteiger partial charge in [0.25, 0.3) is 0 Å². The molecular formula is C21H26FN3O. The fourth-order valence-corrected chi connectivity index (χ4v) is 4.66. The fourth-order valence-electron chi connectivity index (χ4n) is 4.66. The Labute approximate surface area is 154 Å². The molecule has 2 aromatic rings. The molecule has 5 heteroatoms. The molecule has 4 rings (SSSR count). The summed E-state index contributed by atoms with van der Waals surface area (Å²) in [5.74, 6) is -0.436. The maximum absolute atomic E-state index is 13.8. The normalized spacial score (nSPS) is 21.5. The Kier molecular flexibility index (Phi) is 4.78. The number of benzene rings is 1. The first-order chi connectivity index (χ1) is 12.6. The Balaban J connectivity index is 1.47. The second kappa shape index (κ2) is 7.06. The average Bonchev–Trinajstić information content (AvgIpc) is 2.67. The molecule has 0 radical (unpaired) electrons. The lowest BCUT2D eigenvalue weighted by Crippen LogP contribution is -2.55. The van der Waals surface area contributed by atoms with Crippen LogP contribution in [0.25, 0.3) is 0 Å². The molecular weight excluding hydrogens is 329 g/mol. The van der Waals surface area contributed by atoms with Gasteiger partial charge < -0.3 is 10.0 Å². The number of halogens is 1. The maximum atomic E-state index is 13.8. The highest BCUT2D eigenvalue weighted by atomic mass is 19.1. The van der Waals surface area contributed by atoms with Crippen molar-refractivity contribution in [2.75, 3.05) is 33.2 Å². The summed E-state index contributed by atoms with van der Waals surface area (Å²) in [5.41, 5.74) is 3.37. The summed E-state index contributed by atoms with van der Waals surface area (Å²) in [6.45, 7) is 3.36. The highest BCUT2D eigenvalue weighted by molar-refractivity contribution is 5.37. The van der Waals surface area contributed by atoms with E-state index in [1.165, 1.54) is 17.3 Å². The first kappa shape index (κ1) is 17.6. The van der Waals surface area contributed by atoms with Crippen molar-refractivity contribution in [2.24, 2.45) is 0 Å². The first-order valence-electron chi connectivity index (χ1n) is 9.39. The number of aliphatic hydroxyl groups is 1. The molecule has 2 aliphatic rings. The van der Waals surface area contributed by atoms with Crippen LogP contribution in [0, 0.1) is 5.82 Å². The molecule has 1 aromatic carbocycles. The van der Waals surface area contributed by atoms with Crippen LogP contribution in [0.5, 0.6) is 0 Å². The molecule has 0 aliphatic carbocycles. The van der Waals surface area contributed by atoms with Gasteiger partial charge in [0.2, 0.25) is 0 Å². The van der Waals surface area contributed by atoms with Crippen LogP contribution < -0.4 is 0 Å². The monoisotopic (exact) mass is 355 g/mol. The molecule has 2 aliphatic heterocycles. The number of rotatable bonds is 3. The zero-order valence-electron chi connectivity index (χ0n) is 15.2. The van der Waals surface area contributed by atoms with Crippen molar-refractivity contribution < 1.29 is 9.50 Å². The van der Waals surface area contributed by atoms with Crippen molar-refractivity contribution in [2.45, 2.75) is 30.9 Å². The minimum absolute atomic E-state index is 0.0954. The molecule has 1 saturated heterocycles. The van der Waals surface area contributed by atoms with E-state index < -0.39 is 11.9 Å². The van der Waals surface area contributed by atoms with Crippen LogP contribution in [0.1, 0.15) is 35.6 Å². The van der Waals surface area contributed by atoms with Crippen molar-refractivity contribution in [3.05, 3.63) is 65.2 Å². The van der Waals surface area contributed by atoms with Gasteiger partial charge in [-0.15, -0.1) is 0 Å². The standard InChI is InChI=1S/C21H26FN3O/c1-24-11-7-16-4-2-3-5-18(16)21(24)8-12-25(13-9-21)15-20(26)17-6-10-23-14-19(17)22/h2-6,10,14,20,26H,7-9,11-13,15H2,1H3/t20-/m1/s1. The number of β-amino-alcohol motifs (C(OH)–C–C–N with tert-alkyl or cyclic N) is 1. The van der Waals surface area contributed by atoms with Crippen LogP contribution in [0.2, 0.25) is 0 Å². The third-order valence-corrected chi connectivity index (χ3v) is 6.24. The molecule has 0 saturated carbocycles. The van der Waals surface area contributed by atoms with Crippen molar-refractivity contribution in [1.82, 2.24) is 14.8 Å². The van der Waals surface area contributed by atoms with Crippen LogP contribution in [0.4, 0.5) is 4.39 Å². The number of aliphatic hydroxyl groups excluding tert-OH is 1. The van der Waals surface area contributed by atoms with Crippen molar-refractivity contribution >= 4 is 0 Å². The number of likely N-dealkylation sites (N-methyl/N-ethyl adjacent to an activating group) is 1. The molecule has 0 amide bonds. The molecule has 1 N–H and O–H groups in total. The summed E-state index contributed by atoms with van der Waals surface area (Å²) in [4.78, 5) is 8.51. The van der Waals surface area contributed by atoms with Gasteiger partial charge in [-0.05, 0) is 43.5 Å². The van der Waals surface area contributed by atoms with E-state index in [4.69, 9.17) is 0 Å². The number of hydrogen-bond donors (Lipinski definition) is 1. The SMILES string of the molecule is CN1CCc2ccccc2C12CCN(C[C@@H](O)c1ccncc1F)CC2. The second-order valence-corrected chi connectivity index (χ2v) is 7.57. The smallest absolute Gasteiger partial charge is 0.147 e. The predicted molar refractivity (Wildman–Crippen MR) is 99.3 cm³/mol. The van der Waals surface area contributed by atoms with E-state index in [0.29, 0.717) is 12.1 Å². The van der Waals surface area contributed by atoms with Gasteiger partial charge in [0.1, 0.15) is 5.82 Å². The number of pyridine rings is 1. The molecule has 0 bridgehead atoms. The summed E-state index contributed by atoms with van der Waals surface area (Å²) >= 11 is 0. The number of hydrogen-bond acceptors (Lipinski definition) is 4. The minimum Gasteiger partial charge on any atom is -0.387 e. The Morgan fingerprint density at radius 2 is 1.96 bits per heavy atom. The average molecular weight is 355 g/mol. The number of nitrogens with zero attached hydrogens (tertiary/aromatic N) is 3. The lowest BCUT2D eigenvalue weighted by molar-refractivity contribution is 0.0112. The van der Waals surface area contributed by atoms with Gasteiger partial charge in [-0.3, -0.25) is 9.88 Å². The lowest BCUT2D eigenvalue weighted by Gasteiger charge is -2.51. The maximum Gasteiger partial charge on any atom is 0.147 e. The Morgan fingerprint density at radius 1 is 1.19 bits per heavy atom. The van der Waals surface area contributed by atoms with E-state index in [9.17, 15) is 9.50 Å². The third kappa shape index (κ3) is 3.04. The summed E-state index contributed by atoms with van der Waals surface area (Å²) in [7, 11) is 2.23. The number of aromatic nitrogens is 1. The van der Waals surface area contributed by atoms with E-state index in [0.717, 1.165) is 45.1 Å². The van der Waals surface area contributed by atoms with Crippen molar-refractivity contribution in [1.29, 1.82) is 0 Å². The molecule has 3 heterocycles. The number of piperidine rings is 1. The zero-order valence-corrected chi connectivity index (χ0v) is 15.2. The quantitative estimate of drug-likeness (QED) is 0.919. The second-order valence-electron chi connectivity index (χ2n) is 7.57. The zero-order chi connectivity index (χ0) is 18.1. The van der Waals surface area contributed by atoms with Crippen LogP contribution >= 0.6 is 0 Å². The molecule has 26 heavy (non-hydrogen) atoms. The van der Waals surface area contributed by atoms with Crippen LogP contribution in [0.15, 0.2) is 42.7 Å². The first-order valence-corrected chi connectivity index (χ1v) is 9.39. The number of fused-ring (bicyclic) bond motifs is 2. The lowest BCUT2D eigenvalue weighted by atomic mass is 9.74. The molecule has 1 spiro atoms. The van der Waals surface area contributed by atoms with E-state index in [1.54, 1.807) is 6.07 Å². The Bertz CT molecular complexity index is 773. The fraction of sp³-hybridized carbons (Fsp3) is 0.476. The molecule has 138 valence electrons. The van der Waals surface area contributed by atoms with Gasteiger partial charge in [-0.2, -0.15) is 0 Å². The van der Waals surface area contributed by atoms with E-state index >= 15 is 0 Å². The van der Waals surface area contributed by atoms with Gasteiger partial charge in [0, 0.05) is 43.5 Å². The van der Waals surface area contributed by atoms with E-state index in [-0.39, 0.29) is 5.54 Å². The molecule has 4 nitrogen and oxygen atoms in total. The number of likely N-dealkylation sites (tertiary alicyclic amines) is 1. The Hall–Kier alpha value is -1.82. The van der Waals surface area contributed by atoms with Crippen molar-refractivity contribution in [3.63, 3.8) is 0 Å². The van der Waals surface area contributed by atoms with E-state index in [2.05, 4.69) is 46.1 Å². The summed E-state index contributed by atoms with van der Waals surface area (Å²) in [6, 6.07) is 10.4. The van der Waals surface area contributed by atoms with Gasteiger partial charge in [0.05, 0.1) is 12.3 Å². The van der Waals surface area contributed by atoms with E-state index in [1.807, 2.05) is 0 Å². The molecule has 0 unspecified atom stereocenters. The summed E-state index contributed by atoms with van der Waals surface area (Å²) < 4.78 is 13.8. The van der Waals surface area contributed by atoms with Gasteiger partial charge >= 0.3 is 0 Å². The highest BCUT2D eigenvalue weighted by Crippen LogP contribution is 2.42. The third-order valence-electron chi connectivity index (χ3n) is 6.24. The summed E-state index contributed by atoms with van der Waals surface area (Å²) in [6.07, 6.45) is 5.05. The van der Waals surface area contributed by atoms with Crippen molar-refractivity contribution in [3.8, 4) is 0 Å². The summed E-state index contributed by atoms with van der Waals surface area (Å²) in [5, 5.41) is 10.4. The largest absolute Gasteiger partial charge is 0.387 e. The Morgan fingerprint density at radius 3 is 2.73 bits per heavy atom. The molecule has 1 fully saturated rings. The van der Waals surface area contributed by atoms with Gasteiger partial charge in [-0.1, -0.05) is 24.3 Å². The molecule has 1 aromatic heterocycles. The highest BCUT2D eigenvalue weighted by Gasteiger charge is 2.43. The van der Waals surface area contributed by atoms with Gasteiger partial charge in [-0.25, -0.2) is 4.39 Å². The van der Waals surface area contributed by atoms with Gasteiger partial charge in [0.15, 0.2) is 0 Å². The van der Waals surface area contributed by atoms with Crippen LogP contribution in [-0.2, 0) is 12.0 Å². The topological polar surface area (TPSA) is 39.6 Å². The van der Waals surface area contributed by atoms with Crippen LogP contribution in [-0.4, -0.2) is 53.1 Å². The molecule has 1 atom stereocenters. The minimum atomic E-state index is -0.816. The van der Waals surface area contributed by atoms with Crippen LogP contribution in [0.3, 0.4) is 0 Å².